The minimum atomic E-state index is -1.32. The van der Waals surface area contributed by atoms with Gasteiger partial charge in [-0.25, -0.2) is 0 Å². The van der Waals surface area contributed by atoms with Gasteiger partial charge >= 0.3 is 5.97 Å². The first-order chi connectivity index (χ1) is 18.0. The Morgan fingerprint density at radius 1 is 1.08 bits per heavy atom. The zero-order valence-electron chi connectivity index (χ0n) is 21.4. The van der Waals surface area contributed by atoms with Gasteiger partial charge in [0.15, 0.2) is 0 Å². The molecule has 0 aromatic heterocycles. The molecule has 37 heavy (non-hydrogen) atoms. The number of ether oxygens (including phenoxy) is 2. The number of hydrogen-bond acceptors (Lipinski definition) is 7. The van der Waals surface area contributed by atoms with Crippen LogP contribution in [0.25, 0.3) is 0 Å². The van der Waals surface area contributed by atoms with Crippen molar-refractivity contribution in [3.63, 3.8) is 0 Å². The summed E-state index contributed by atoms with van der Waals surface area (Å²) >= 11 is 0. The molecule has 1 unspecified atom stereocenters. The summed E-state index contributed by atoms with van der Waals surface area (Å²) < 4.78 is 12.0. The van der Waals surface area contributed by atoms with Crippen LogP contribution in [0.15, 0.2) is 48.6 Å². The second-order valence-electron chi connectivity index (χ2n) is 9.88. The van der Waals surface area contributed by atoms with E-state index in [0.29, 0.717) is 18.7 Å². The molecule has 0 bridgehead atoms. The molecule has 0 radical (unpaired) electrons. The molecule has 4 aliphatic heterocycles. The standard InChI is InChI=1S/C28H35N3O6/c1-3-29(4-2)19-10-12-20(13-11-19)30-15-8-14-28-23(25(33)31(16-17-32)24(28)26(30)34)22-21(37-28)9-6-5-7-18-36-27(22)35/h6,8-14,21-24,32H,3-5,7,15-18H2,1-2H3/b9-6-/t21-,22+,23+,24?,28+/m1/s1. The van der Waals surface area contributed by atoms with Gasteiger partial charge in [-0.1, -0.05) is 24.3 Å². The second-order valence-corrected chi connectivity index (χ2v) is 9.88. The fourth-order valence-electron chi connectivity index (χ4n) is 6.27. The number of rotatable bonds is 6. The smallest absolute Gasteiger partial charge is 0.312 e. The molecular formula is C28H35N3O6. The minimum absolute atomic E-state index is 0.0261. The third kappa shape index (κ3) is 4.14. The molecule has 4 aliphatic rings. The Kier molecular flexibility index (Phi) is 7.09. The van der Waals surface area contributed by atoms with Crippen LogP contribution in [0.2, 0.25) is 0 Å². The van der Waals surface area contributed by atoms with Crippen LogP contribution in [0.3, 0.4) is 0 Å². The lowest BCUT2D eigenvalue weighted by Crippen LogP contribution is -2.55. The van der Waals surface area contributed by atoms with E-state index in [1.165, 1.54) is 4.90 Å². The average molecular weight is 510 g/mol. The Labute approximate surface area is 217 Å². The Morgan fingerprint density at radius 2 is 1.84 bits per heavy atom. The summed E-state index contributed by atoms with van der Waals surface area (Å²) in [5, 5.41) is 9.78. The average Bonchev–Trinajstić information content (AvgIpc) is 3.30. The van der Waals surface area contributed by atoms with Crippen molar-refractivity contribution >= 4 is 29.2 Å². The van der Waals surface area contributed by atoms with Gasteiger partial charge in [-0.05, 0) is 51.0 Å². The molecule has 9 heteroatoms. The van der Waals surface area contributed by atoms with Crippen LogP contribution < -0.4 is 9.80 Å². The van der Waals surface area contributed by atoms with Crippen molar-refractivity contribution in [2.45, 2.75) is 44.4 Å². The van der Waals surface area contributed by atoms with Crippen molar-refractivity contribution in [2.75, 3.05) is 49.2 Å². The van der Waals surface area contributed by atoms with Crippen molar-refractivity contribution in [2.24, 2.45) is 11.8 Å². The van der Waals surface area contributed by atoms with Crippen molar-refractivity contribution in [1.82, 2.24) is 4.90 Å². The Bertz CT molecular complexity index is 1100. The zero-order valence-corrected chi connectivity index (χ0v) is 21.4. The maximum absolute atomic E-state index is 14.2. The predicted molar refractivity (Wildman–Crippen MR) is 138 cm³/mol. The Balaban J connectivity index is 1.54. The number of nitrogens with zero attached hydrogens (tertiary/aromatic N) is 3. The molecule has 9 nitrogen and oxygen atoms in total. The number of carbonyl (C=O) groups is 3. The normalized spacial score (nSPS) is 32.0. The van der Waals surface area contributed by atoms with E-state index in [4.69, 9.17) is 9.47 Å². The molecule has 5 atom stereocenters. The predicted octanol–water partition coefficient (Wildman–Crippen LogP) is 1.90. The molecule has 1 spiro atoms. The van der Waals surface area contributed by atoms with Crippen molar-refractivity contribution in [3.05, 3.63) is 48.6 Å². The molecule has 2 fully saturated rings. The van der Waals surface area contributed by atoms with Crippen LogP contribution in [0.1, 0.15) is 26.7 Å². The van der Waals surface area contributed by atoms with E-state index in [1.807, 2.05) is 42.5 Å². The minimum Gasteiger partial charge on any atom is -0.465 e. The topological polar surface area (TPSA) is 99.6 Å². The van der Waals surface area contributed by atoms with Crippen molar-refractivity contribution in [3.8, 4) is 0 Å². The highest BCUT2D eigenvalue weighted by atomic mass is 16.6. The zero-order chi connectivity index (χ0) is 26.2. The number of aliphatic hydroxyl groups is 1. The van der Waals surface area contributed by atoms with Crippen LogP contribution in [0, 0.1) is 11.8 Å². The first kappa shape index (κ1) is 25.5. The number of benzene rings is 1. The number of carbonyl (C=O) groups excluding carboxylic acids is 3. The molecule has 0 aliphatic carbocycles. The molecule has 2 saturated heterocycles. The highest BCUT2D eigenvalue weighted by Crippen LogP contribution is 2.53. The van der Waals surface area contributed by atoms with E-state index in [9.17, 15) is 19.5 Å². The van der Waals surface area contributed by atoms with Crippen LogP contribution in [0.5, 0.6) is 0 Å². The van der Waals surface area contributed by atoms with Crippen LogP contribution in [-0.2, 0) is 23.9 Å². The van der Waals surface area contributed by atoms with E-state index < -0.39 is 35.6 Å². The number of cyclic esters (lactones) is 1. The van der Waals surface area contributed by atoms with Gasteiger partial charge < -0.3 is 29.3 Å². The molecule has 4 heterocycles. The highest BCUT2D eigenvalue weighted by molar-refractivity contribution is 6.05. The number of allylic oxidation sites excluding steroid dienone is 1. The van der Waals surface area contributed by atoms with E-state index in [-0.39, 0.29) is 31.6 Å². The molecule has 5 rings (SSSR count). The first-order valence-electron chi connectivity index (χ1n) is 13.2. The number of likely N-dealkylation sites (tertiary alicyclic amines) is 1. The van der Waals surface area contributed by atoms with Crippen LogP contribution in [0.4, 0.5) is 11.4 Å². The summed E-state index contributed by atoms with van der Waals surface area (Å²) in [5.74, 6) is -2.91. The SMILES string of the molecule is CCN(CC)c1ccc(N2CC=C[C@]34O[C@@H]5/C=C\CCCOC(=O)[C@@H]5[C@H]3C(=O)N(CCO)C4C2=O)cc1. The fourth-order valence-corrected chi connectivity index (χ4v) is 6.27. The Morgan fingerprint density at radius 3 is 2.54 bits per heavy atom. The lowest BCUT2D eigenvalue weighted by molar-refractivity contribution is -0.154. The summed E-state index contributed by atoms with van der Waals surface area (Å²) in [6.07, 6.45) is 8.18. The summed E-state index contributed by atoms with van der Waals surface area (Å²) in [4.78, 5) is 46.4. The van der Waals surface area contributed by atoms with Gasteiger partial charge in [0, 0.05) is 37.6 Å². The second kappa shape index (κ2) is 10.3. The molecule has 2 amide bonds. The molecule has 0 saturated carbocycles. The maximum Gasteiger partial charge on any atom is 0.312 e. The number of aliphatic hydroxyl groups excluding tert-OH is 1. The van der Waals surface area contributed by atoms with Gasteiger partial charge in [-0.3, -0.25) is 14.4 Å². The maximum atomic E-state index is 14.2. The first-order valence-corrected chi connectivity index (χ1v) is 13.2. The van der Waals surface area contributed by atoms with Gasteiger partial charge in [0.1, 0.15) is 17.6 Å². The number of esters is 1. The largest absolute Gasteiger partial charge is 0.465 e. The molecule has 1 aromatic rings. The summed E-state index contributed by atoms with van der Waals surface area (Å²) in [6.45, 7) is 6.19. The molecular weight excluding hydrogens is 474 g/mol. The van der Waals surface area contributed by atoms with E-state index >= 15 is 0 Å². The van der Waals surface area contributed by atoms with E-state index in [2.05, 4.69) is 18.7 Å². The van der Waals surface area contributed by atoms with E-state index in [0.717, 1.165) is 25.2 Å². The van der Waals surface area contributed by atoms with Gasteiger partial charge in [0.05, 0.1) is 25.2 Å². The van der Waals surface area contributed by atoms with Crippen molar-refractivity contribution < 1.29 is 29.0 Å². The summed E-state index contributed by atoms with van der Waals surface area (Å²) in [7, 11) is 0. The summed E-state index contributed by atoms with van der Waals surface area (Å²) in [5.41, 5.74) is 0.455. The molecule has 1 N–H and O–H groups in total. The Hall–Kier alpha value is -3.17. The van der Waals surface area contributed by atoms with Gasteiger partial charge in [-0.2, -0.15) is 0 Å². The molecule has 1 aromatic carbocycles. The number of anilines is 2. The summed E-state index contributed by atoms with van der Waals surface area (Å²) in [6, 6.07) is 6.80. The van der Waals surface area contributed by atoms with E-state index in [1.54, 1.807) is 11.0 Å². The number of hydrogen-bond donors (Lipinski definition) is 1. The number of amides is 2. The molecule has 198 valence electrons. The number of β-amino-alcohol motifs (C(OH)–C–C–N with tert-alkyl or cyclic N) is 1. The highest BCUT2D eigenvalue weighted by Gasteiger charge is 2.71. The van der Waals surface area contributed by atoms with Crippen molar-refractivity contribution in [1.29, 1.82) is 0 Å². The quantitative estimate of drug-likeness (QED) is 0.462. The monoisotopic (exact) mass is 509 g/mol. The number of fused-ring (bicyclic) bond motifs is 2. The third-order valence-electron chi connectivity index (χ3n) is 7.98. The van der Waals surface area contributed by atoms with Crippen LogP contribution >= 0.6 is 0 Å². The van der Waals surface area contributed by atoms with Gasteiger partial charge in [0.25, 0.3) is 5.91 Å². The third-order valence-corrected chi connectivity index (χ3v) is 7.98. The van der Waals surface area contributed by atoms with Gasteiger partial charge in [-0.15, -0.1) is 0 Å². The van der Waals surface area contributed by atoms with Gasteiger partial charge in [0.2, 0.25) is 5.91 Å². The lowest BCUT2D eigenvalue weighted by atomic mass is 9.78. The lowest BCUT2D eigenvalue weighted by Gasteiger charge is -2.35. The van der Waals surface area contributed by atoms with Crippen LogP contribution in [-0.4, -0.2) is 84.9 Å². The fraction of sp³-hybridized carbons (Fsp3) is 0.536.